The number of epoxide rings is 1. The Kier molecular flexibility index (Phi) is 8.86. The zero-order valence-corrected chi connectivity index (χ0v) is 23.0. The second kappa shape index (κ2) is 11.0. The predicted octanol–water partition coefficient (Wildman–Crippen LogP) is 4.65. The van der Waals surface area contributed by atoms with Gasteiger partial charge in [-0.05, 0) is 38.7 Å². The fourth-order valence-electron chi connectivity index (χ4n) is 4.86. The van der Waals surface area contributed by atoms with E-state index in [-0.39, 0.29) is 29.8 Å². The lowest BCUT2D eigenvalue weighted by Gasteiger charge is -2.34. The molecule has 3 rings (SSSR count). The van der Waals surface area contributed by atoms with E-state index in [1.807, 2.05) is 26.2 Å². The number of aliphatic hydroxyl groups excluding tert-OH is 2. The molecular formula is C26H38ClNO6S. The van der Waals surface area contributed by atoms with Gasteiger partial charge in [-0.25, -0.2) is 4.98 Å². The van der Waals surface area contributed by atoms with Gasteiger partial charge in [0.1, 0.15) is 11.9 Å². The van der Waals surface area contributed by atoms with Crippen LogP contribution in [0.3, 0.4) is 0 Å². The van der Waals surface area contributed by atoms with Crippen LogP contribution in [-0.4, -0.2) is 57.0 Å². The van der Waals surface area contributed by atoms with Crippen molar-refractivity contribution >= 4 is 40.8 Å². The summed E-state index contributed by atoms with van der Waals surface area (Å²) in [5, 5.41) is 24.8. The van der Waals surface area contributed by atoms with Crippen LogP contribution in [0.2, 0.25) is 0 Å². The van der Waals surface area contributed by atoms with Crippen molar-refractivity contribution < 1.29 is 29.3 Å². The normalized spacial score (nSPS) is 37.5. The summed E-state index contributed by atoms with van der Waals surface area (Å²) < 4.78 is 11.7. The van der Waals surface area contributed by atoms with E-state index in [2.05, 4.69) is 4.98 Å². The molecule has 2 aliphatic heterocycles. The molecule has 0 saturated carbocycles. The summed E-state index contributed by atoms with van der Waals surface area (Å²) in [7, 11) is 0. The topological polar surface area (TPSA) is 109 Å². The number of fused-ring (bicyclic) bond motifs is 1. The molecule has 2 N–H and O–H groups in total. The van der Waals surface area contributed by atoms with Gasteiger partial charge in [0.25, 0.3) is 0 Å². The highest BCUT2D eigenvalue weighted by Crippen LogP contribution is 2.45. The quantitative estimate of drug-likeness (QED) is 0.425. The zero-order chi connectivity index (χ0) is 26.1. The Labute approximate surface area is 216 Å². The number of aliphatic hydroxyl groups is 2. The van der Waals surface area contributed by atoms with Crippen LogP contribution in [0.4, 0.5) is 0 Å². The Balaban J connectivity index is 1.85. The number of aryl methyl sites for hydroxylation is 1. The van der Waals surface area contributed by atoms with Crippen LogP contribution in [0.1, 0.15) is 77.4 Å². The molecule has 1 aromatic rings. The Morgan fingerprint density at radius 1 is 1.26 bits per heavy atom. The standard InChI is InChI=1S/C26H38ClNO6S/c1-14-8-7-9-26(6)21(34-26)11-19(18(27)10-17-13-35-16(3)28-17)33-22(30)12-20(29)25(4,5)24(32)15(2)23(14)31/h10,13-15,19-21,23,29,31H,7-9,11-12H2,1-6H3/t14-,15+,19-,20-,21+,23-,26-/m0/s1. The lowest BCUT2D eigenvalue weighted by molar-refractivity contribution is -0.154. The number of carbonyl (C=O) groups excluding carboxylic acids is 2. The minimum Gasteiger partial charge on any atom is -0.456 e. The molecule has 0 unspecified atom stereocenters. The van der Waals surface area contributed by atoms with Gasteiger partial charge < -0.3 is 19.7 Å². The number of nitrogens with zero attached hydrogens (tertiary/aromatic N) is 1. The molecule has 196 valence electrons. The van der Waals surface area contributed by atoms with Gasteiger partial charge in [0, 0.05) is 17.7 Å². The van der Waals surface area contributed by atoms with Crippen LogP contribution in [0.25, 0.3) is 6.08 Å². The first-order valence-corrected chi connectivity index (χ1v) is 13.6. The van der Waals surface area contributed by atoms with E-state index in [9.17, 15) is 19.8 Å². The summed E-state index contributed by atoms with van der Waals surface area (Å²) in [5.41, 5.74) is -0.904. The first kappa shape index (κ1) is 28.3. The number of ketones is 1. The SMILES string of the molecule is Cc1nc(C=C(Cl)[C@@H]2C[C@H]3O[C@@]3(C)CCC[C@H](C)[C@H](O)[C@@H](C)C(=O)C(C)(C)[C@@H](O)CC(=O)O2)cs1. The van der Waals surface area contributed by atoms with E-state index < -0.39 is 35.6 Å². The number of rotatable bonds is 2. The number of thiazole rings is 1. The summed E-state index contributed by atoms with van der Waals surface area (Å²) in [6.07, 6.45) is 1.08. The average Bonchev–Trinajstić information content (AvgIpc) is 3.22. The zero-order valence-electron chi connectivity index (χ0n) is 21.4. The van der Waals surface area contributed by atoms with E-state index in [1.165, 1.54) is 11.3 Å². The minimum absolute atomic E-state index is 0.0905. The molecular weight excluding hydrogens is 490 g/mol. The largest absolute Gasteiger partial charge is 0.456 e. The molecule has 0 spiro atoms. The lowest BCUT2D eigenvalue weighted by Crippen LogP contribution is -2.45. The Morgan fingerprint density at radius 2 is 1.94 bits per heavy atom. The Bertz CT molecular complexity index is 961. The third kappa shape index (κ3) is 6.72. The van der Waals surface area contributed by atoms with Crippen molar-refractivity contribution in [3.8, 4) is 0 Å². The maximum atomic E-state index is 13.2. The van der Waals surface area contributed by atoms with E-state index >= 15 is 0 Å². The fraction of sp³-hybridized carbons (Fsp3) is 0.731. The first-order chi connectivity index (χ1) is 16.2. The number of esters is 1. The molecule has 3 heterocycles. The van der Waals surface area contributed by atoms with Gasteiger partial charge in [-0.15, -0.1) is 11.3 Å². The molecule has 0 aromatic carbocycles. The number of hydrogen-bond donors (Lipinski definition) is 2. The minimum atomic E-state index is -1.27. The summed E-state index contributed by atoms with van der Waals surface area (Å²) in [6, 6.07) is 0. The van der Waals surface area contributed by atoms with Crippen LogP contribution in [0, 0.1) is 24.2 Å². The third-order valence-electron chi connectivity index (χ3n) is 7.64. The molecule has 35 heavy (non-hydrogen) atoms. The van der Waals surface area contributed by atoms with Crippen LogP contribution in [0.5, 0.6) is 0 Å². The molecule has 2 fully saturated rings. The molecule has 1 aromatic heterocycles. The maximum absolute atomic E-state index is 13.2. The summed E-state index contributed by atoms with van der Waals surface area (Å²) in [4.78, 5) is 30.5. The summed E-state index contributed by atoms with van der Waals surface area (Å²) >= 11 is 8.11. The Morgan fingerprint density at radius 3 is 2.57 bits per heavy atom. The predicted molar refractivity (Wildman–Crippen MR) is 136 cm³/mol. The van der Waals surface area contributed by atoms with Crippen molar-refractivity contribution in [2.75, 3.05) is 0 Å². The van der Waals surface area contributed by atoms with Crippen molar-refractivity contribution in [2.45, 2.75) is 104 Å². The first-order valence-electron chi connectivity index (χ1n) is 12.3. The molecule has 7 nitrogen and oxygen atoms in total. The summed E-state index contributed by atoms with van der Waals surface area (Å²) in [6.45, 7) is 10.7. The maximum Gasteiger partial charge on any atom is 0.309 e. The number of halogens is 1. The van der Waals surface area contributed by atoms with Gasteiger partial charge in [0.2, 0.25) is 0 Å². The fourth-order valence-corrected chi connectivity index (χ4v) is 5.68. The molecule has 9 heteroatoms. The van der Waals surface area contributed by atoms with Crippen molar-refractivity contribution in [3.05, 3.63) is 21.1 Å². The van der Waals surface area contributed by atoms with E-state index in [1.54, 1.807) is 26.8 Å². The highest BCUT2D eigenvalue weighted by molar-refractivity contribution is 7.09. The van der Waals surface area contributed by atoms with Crippen LogP contribution in [-0.2, 0) is 19.1 Å². The molecule has 2 aliphatic rings. The molecule has 0 aliphatic carbocycles. The second-order valence-corrected chi connectivity index (χ2v) is 12.4. The van der Waals surface area contributed by atoms with E-state index in [4.69, 9.17) is 21.1 Å². The number of Topliss-reactive ketones (excluding diaryl/α,β-unsaturated/α-hetero) is 1. The Hall–Kier alpha value is -1.32. The van der Waals surface area contributed by atoms with Crippen molar-refractivity contribution in [3.63, 3.8) is 0 Å². The van der Waals surface area contributed by atoms with Crippen LogP contribution >= 0.6 is 22.9 Å². The smallest absolute Gasteiger partial charge is 0.309 e. The lowest BCUT2D eigenvalue weighted by atomic mass is 9.73. The third-order valence-corrected chi connectivity index (χ3v) is 8.78. The van der Waals surface area contributed by atoms with Crippen LogP contribution < -0.4 is 0 Å². The summed E-state index contributed by atoms with van der Waals surface area (Å²) in [5.74, 6) is -1.70. The molecule has 0 radical (unpaired) electrons. The van der Waals surface area contributed by atoms with Gasteiger partial charge in [-0.1, -0.05) is 45.7 Å². The van der Waals surface area contributed by atoms with Crippen LogP contribution in [0.15, 0.2) is 10.4 Å². The van der Waals surface area contributed by atoms with E-state index in [0.717, 1.165) is 24.3 Å². The van der Waals surface area contributed by atoms with Crippen molar-refractivity contribution in [1.82, 2.24) is 4.98 Å². The number of ether oxygens (including phenoxy) is 2. The molecule has 2 saturated heterocycles. The second-order valence-electron chi connectivity index (χ2n) is 10.9. The van der Waals surface area contributed by atoms with Gasteiger partial charge in [-0.3, -0.25) is 9.59 Å². The molecule has 0 amide bonds. The molecule has 0 bridgehead atoms. The highest BCUT2D eigenvalue weighted by atomic mass is 35.5. The van der Waals surface area contributed by atoms with Gasteiger partial charge in [0.05, 0.1) is 51.5 Å². The highest BCUT2D eigenvalue weighted by Gasteiger charge is 2.53. The monoisotopic (exact) mass is 527 g/mol. The van der Waals surface area contributed by atoms with Gasteiger partial charge in [-0.2, -0.15) is 0 Å². The van der Waals surface area contributed by atoms with Crippen molar-refractivity contribution in [1.29, 1.82) is 0 Å². The average molecular weight is 528 g/mol. The number of hydrogen-bond acceptors (Lipinski definition) is 8. The van der Waals surface area contributed by atoms with E-state index in [0.29, 0.717) is 17.1 Å². The van der Waals surface area contributed by atoms with Gasteiger partial charge >= 0.3 is 5.97 Å². The number of aromatic nitrogens is 1. The number of cyclic esters (lactones) is 1. The number of carbonyl (C=O) groups is 2. The van der Waals surface area contributed by atoms with Gasteiger partial charge in [0.15, 0.2) is 0 Å². The molecule has 7 atom stereocenters. The van der Waals surface area contributed by atoms with Crippen molar-refractivity contribution in [2.24, 2.45) is 17.3 Å².